The molecule has 1 aliphatic heterocycles. The number of hydrogen-bond donors (Lipinski definition) is 1. The molecule has 32 heavy (non-hydrogen) atoms. The molecule has 0 radical (unpaired) electrons. The van der Waals surface area contributed by atoms with Gasteiger partial charge < -0.3 is 9.84 Å². The van der Waals surface area contributed by atoms with Crippen molar-refractivity contribution in [3.63, 3.8) is 0 Å². The monoisotopic (exact) mass is 444 g/mol. The van der Waals surface area contributed by atoms with Gasteiger partial charge in [0.1, 0.15) is 5.78 Å². The quantitative estimate of drug-likeness (QED) is 0.491. The van der Waals surface area contributed by atoms with Crippen LogP contribution in [0.3, 0.4) is 0 Å². The van der Waals surface area contributed by atoms with Gasteiger partial charge in [0, 0.05) is 18.9 Å². The lowest BCUT2D eigenvalue weighted by Crippen LogP contribution is -2.56. The van der Waals surface area contributed by atoms with E-state index in [1.807, 2.05) is 0 Å². The van der Waals surface area contributed by atoms with Crippen molar-refractivity contribution in [3.8, 4) is 0 Å². The topological polar surface area (TPSA) is 49.8 Å². The van der Waals surface area contributed by atoms with E-state index in [1.54, 1.807) is 0 Å². The number of aliphatic hydroxyl groups is 1. The Kier molecular flexibility index (Phi) is 6.10. The molecule has 5 fully saturated rings. The molecule has 0 aromatic heterocycles. The number of fused-ring (bicyclic) bond motifs is 5. The lowest BCUT2D eigenvalue weighted by atomic mass is 9.44. The molecule has 0 spiro atoms. The van der Waals surface area contributed by atoms with Crippen molar-refractivity contribution in [2.24, 2.45) is 58.2 Å². The molecule has 4 aliphatic carbocycles. The number of carbonyl (C=O) groups is 1. The van der Waals surface area contributed by atoms with Crippen LogP contribution in [-0.4, -0.2) is 29.7 Å². The maximum Gasteiger partial charge on any atom is 0.136 e. The minimum Gasteiger partial charge on any atom is -0.396 e. The van der Waals surface area contributed by atoms with Crippen LogP contribution in [0, 0.1) is 58.2 Å². The molecular formula is C29H48O3. The van der Waals surface area contributed by atoms with Crippen LogP contribution >= 0.6 is 0 Å². The molecule has 4 saturated carbocycles. The van der Waals surface area contributed by atoms with Crippen molar-refractivity contribution < 1.29 is 14.6 Å². The van der Waals surface area contributed by atoms with E-state index >= 15 is 0 Å². The van der Waals surface area contributed by atoms with Crippen LogP contribution in [0.4, 0.5) is 0 Å². The second-order valence-electron chi connectivity index (χ2n) is 13.4. The number of carbonyl (C=O) groups excluding carboxylic acids is 1. The number of Topliss-reactive ketones (excluding diaryl/α,β-unsaturated/α-hetero) is 1. The highest BCUT2D eigenvalue weighted by Crippen LogP contribution is 2.68. The van der Waals surface area contributed by atoms with Gasteiger partial charge in [0.15, 0.2) is 0 Å². The first kappa shape index (κ1) is 23.3. The second-order valence-corrected chi connectivity index (χ2v) is 13.4. The largest absolute Gasteiger partial charge is 0.396 e. The van der Waals surface area contributed by atoms with E-state index in [-0.39, 0.29) is 12.0 Å². The number of rotatable bonds is 6. The normalized spacial score (nSPS) is 49.8. The van der Waals surface area contributed by atoms with Crippen LogP contribution in [0.5, 0.6) is 0 Å². The van der Waals surface area contributed by atoms with Crippen molar-refractivity contribution in [2.45, 2.75) is 111 Å². The molecule has 3 nitrogen and oxygen atoms in total. The Labute approximate surface area is 196 Å². The third-order valence-corrected chi connectivity index (χ3v) is 11.9. The zero-order valence-electron chi connectivity index (χ0n) is 21.3. The summed E-state index contributed by atoms with van der Waals surface area (Å²) in [5, 5.41) is 9.55. The molecule has 1 saturated heterocycles. The third kappa shape index (κ3) is 3.46. The number of ether oxygens (including phenoxy) is 1. The Morgan fingerprint density at radius 3 is 2.44 bits per heavy atom. The van der Waals surface area contributed by atoms with Gasteiger partial charge in [-0.3, -0.25) is 4.79 Å². The zero-order valence-corrected chi connectivity index (χ0v) is 21.3. The molecule has 5 rings (SSSR count). The number of ketones is 1. The van der Waals surface area contributed by atoms with Gasteiger partial charge in [-0.15, -0.1) is 0 Å². The molecule has 5 aliphatic rings. The van der Waals surface area contributed by atoms with Crippen LogP contribution in [0.25, 0.3) is 0 Å². The van der Waals surface area contributed by atoms with Crippen LogP contribution in [-0.2, 0) is 9.53 Å². The van der Waals surface area contributed by atoms with Gasteiger partial charge in [-0.25, -0.2) is 0 Å². The van der Waals surface area contributed by atoms with Gasteiger partial charge in [0.25, 0.3) is 0 Å². The molecule has 3 heteroatoms. The second kappa shape index (κ2) is 8.36. The van der Waals surface area contributed by atoms with Gasteiger partial charge in [-0.2, -0.15) is 0 Å². The van der Waals surface area contributed by atoms with Gasteiger partial charge in [-0.1, -0.05) is 47.5 Å². The Morgan fingerprint density at radius 1 is 0.969 bits per heavy atom. The van der Waals surface area contributed by atoms with E-state index in [9.17, 15) is 9.90 Å². The van der Waals surface area contributed by atoms with Crippen molar-refractivity contribution in [1.82, 2.24) is 0 Å². The smallest absolute Gasteiger partial charge is 0.136 e. The van der Waals surface area contributed by atoms with Gasteiger partial charge >= 0.3 is 0 Å². The summed E-state index contributed by atoms with van der Waals surface area (Å²) >= 11 is 0. The molecule has 0 aromatic rings. The summed E-state index contributed by atoms with van der Waals surface area (Å²) in [7, 11) is 0. The molecular weight excluding hydrogens is 396 g/mol. The summed E-state index contributed by atoms with van der Waals surface area (Å²) in [6.45, 7) is 12.4. The molecule has 0 amide bonds. The summed E-state index contributed by atoms with van der Waals surface area (Å²) in [4.78, 5) is 13.3. The fourth-order valence-corrected chi connectivity index (χ4v) is 10.2. The average molecular weight is 445 g/mol. The van der Waals surface area contributed by atoms with E-state index in [0.717, 1.165) is 37.0 Å². The Balaban J connectivity index is 1.32. The minimum atomic E-state index is 0.268. The number of aliphatic hydroxyl groups excluding tert-OH is 1. The van der Waals surface area contributed by atoms with Crippen molar-refractivity contribution in [2.75, 3.05) is 6.61 Å². The fourth-order valence-electron chi connectivity index (χ4n) is 10.2. The Hall–Kier alpha value is -0.410. The average Bonchev–Trinajstić information content (AvgIpc) is 3.45. The maximum atomic E-state index is 13.3. The Morgan fingerprint density at radius 2 is 1.72 bits per heavy atom. The first-order chi connectivity index (χ1) is 15.2. The highest BCUT2D eigenvalue weighted by Gasteiger charge is 2.63. The van der Waals surface area contributed by atoms with E-state index in [1.165, 1.54) is 44.9 Å². The predicted molar refractivity (Wildman–Crippen MR) is 128 cm³/mol. The summed E-state index contributed by atoms with van der Waals surface area (Å²) in [6, 6.07) is 0. The van der Waals surface area contributed by atoms with Crippen molar-refractivity contribution in [3.05, 3.63) is 0 Å². The van der Waals surface area contributed by atoms with Crippen LogP contribution < -0.4 is 0 Å². The zero-order chi connectivity index (χ0) is 22.8. The van der Waals surface area contributed by atoms with E-state index in [4.69, 9.17) is 4.74 Å². The van der Waals surface area contributed by atoms with Gasteiger partial charge in [-0.05, 0) is 97.2 Å². The fraction of sp³-hybridized carbons (Fsp3) is 0.966. The molecule has 182 valence electrons. The highest BCUT2D eigenvalue weighted by atomic mass is 16.6. The molecule has 2 unspecified atom stereocenters. The van der Waals surface area contributed by atoms with Crippen molar-refractivity contribution >= 4 is 5.78 Å². The SMILES string of the molecule is CC(C)[C@H](CCO)C1OC1[C@@H](C)[C@H]1CC[C@H]2[C@@H]3CC(=O)[C@H]4CCCC[C@]4(C)[C@H]3CC[C@]12C. The minimum absolute atomic E-state index is 0.268. The molecule has 11 atom stereocenters. The third-order valence-electron chi connectivity index (χ3n) is 11.9. The molecule has 1 heterocycles. The van der Waals surface area contributed by atoms with E-state index in [2.05, 4.69) is 34.6 Å². The lowest BCUT2D eigenvalue weighted by Gasteiger charge is -2.60. The number of epoxide rings is 1. The Bertz CT molecular complexity index is 717. The molecule has 0 aromatic carbocycles. The standard InChI is InChI=1S/C29H48O3/c1-17(2)19(12-15-30)27-26(32-27)18(3)21-9-10-22-20-16-25(31)24-8-6-7-13-28(24,4)23(20)11-14-29(21,22)5/h17-24,26-27,30H,6-16H2,1-5H3/t18-,19-,20-,21+,22-,23-,24+,26?,27?,28+,29+/m0/s1. The van der Waals surface area contributed by atoms with Crippen molar-refractivity contribution in [1.29, 1.82) is 0 Å². The molecule has 0 bridgehead atoms. The highest BCUT2D eigenvalue weighted by molar-refractivity contribution is 5.83. The van der Waals surface area contributed by atoms with Gasteiger partial charge in [0.05, 0.1) is 12.2 Å². The summed E-state index contributed by atoms with van der Waals surface area (Å²) in [5.74, 6) is 5.45. The maximum absolute atomic E-state index is 13.3. The predicted octanol–water partition coefficient (Wildman–Crippen LogP) is 6.27. The summed E-state index contributed by atoms with van der Waals surface area (Å²) in [6.07, 6.45) is 12.8. The first-order valence-electron chi connectivity index (χ1n) is 14.0. The summed E-state index contributed by atoms with van der Waals surface area (Å²) in [5.41, 5.74) is 0.655. The summed E-state index contributed by atoms with van der Waals surface area (Å²) < 4.78 is 6.34. The van der Waals surface area contributed by atoms with E-state index in [0.29, 0.717) is 53.0 Å². The van der Waals surface area contributed by atoms with Crippen LogP contribution in [0.15, 0.2) is 0 Å². The lowest BCUT2D eigenvalue weighted by molar-refractivity contribution is -0.154. The first-order valence-corrected chi connectivity index (χ1v) is 14.0. The van der Waals surface area contributed by atoms with E-state index < -0.39 is 0 Å². The van der Waals surface area contributed by atoms with Crippen LogP contribution in [0.2, 0.25) is 0 Å². The van der Waals surface area contributed by atoms with Crippen LogP contribution in [0.1, 0.15) is 98.8 Å². The number of hydrogen-bond acceptors (Lipinski definition) is 3. The molecule has 1 N–H and O–H groups in total. The van der Waals surface area contributed by atoms with Gasteiger partial charge in [0.2, 0.25) is 0 Å².